The van der Waals surface area contributed by atoms with Crippen LogP contribution in [0.1, 0.15) is 4.88 Å². The van der Waals surface area contributed by atoms with E-state index >= 15 is 0 Å². The number of hydrogen-bond acceptors (Lipinski definition) is 5. The second-order valence-corrected chi connectivity index (χ2v) is 5.43. The van der Waals surface area contributed by atoms with Gasteiger partial charge in [-0.2, -0.15) is 0 Å². The molecule has 0 spiro atoms. The zero-order valence-corrected chi connectivity index (χ0v) is 10.6. The van der Waals surface area contributed by atoms with Crippen molar-refractivity contribution in [1.82, 2.24) is 4.98 Å². The predicted molar refractivity (Wildman–Crippen MR) is 72.1 cm³/mol. The third-order valence-corrected chi connectivity index (χ3v) is 4.32. The molecule has 2 aromatic rings. The minimum absolute atomic E-state index is 0.874. The number of thioether (sulfide) groups is 1. The van der Waals surface area contributed by atoms with Crippen LogP contribution >= 0.6 is 23.1 Å². The molecule has 84 valence electrons. The summed E-state index contributed by atoms with van der Waals surface area (Å²) in [6.07, 6.45) is 3.65. The largest absolute Gasteiger partial charge is 0.391 e. The summed E-state index contributed by atoms with van der Waals surface area (Å²) in [7, 11) is 1.91. The molecule has 0 fully saturated rings. The van der Waals surface area contributed by atoms with Gasteiger partial charge in [-0.25, -0.2) is 0 Å². The quantitative estimate of drug-likeness (QED) is 0.820. The molecule has 0 aromatic carbocycles. The van der Waals surface area contributed by atoms with E-state index in [1.807, 2.05) is 31.6 Å². The topological polar surface area (TPSA) is 50.9 Å². The summed E-state index contributed by atoms with van der Waals surface area (Å²) in [4.78, 5) is 6.59. The summed E-state index contributed by atoms with van der Waals surface area (Å²) in [5.41, 5.74) is 6.76. The van der Waals surface area contributed by atoms with Crippen LogP contribution in [0.25, 0.3) is 0 Å². The van der Waals surface area contributed by atoms with E-state index < -0.39 is 0 Å². The molecule has 0 bridgehead atoms. The zero-order valence-electron chi connectivity index (χ0n) is 8.93. The van der Waals surface area contributed by atoms with Gasteiger partial charge in [-0.3, -0.25) is 4.98 Å². The Labute approximate surface area is 103 Å². The van der Waals surface area contributed by atoms with E-state index in [9.17, 15) is 0 Å². The van der Waals surface area contributed by atoms with Crippen molar-refractivity contribution in [3.8, 4) is 0 Å². The van der Waals surface area contributed by atoms with Gasteiger partial charge in [-0.15, -0.1) is 23.1 Å². The number of nitrogens with zero attached hydrogens (tertiary/aromatic N) is 1. The Morgan fingerprint density at radius 2 is 2.31 bits per heavy atom. The molecule has 2 rings (SSSR count). The molecule has 0 aliphatic heterocycles. The van der Waals surface area contributed by atoms with E-state index in [2.05, 4.69) is 16.4 Å². The van der Waals surface area contributed by atoms with E-state index in [4.69, 9.17) is 5.73 Å². The normalized spacial score (nSPS) is 10.3. The predicted octanol–water partition coefficient (Wildman–Crippen LogP) is 3.06. The summed E-state index contributed by atoms with van der Waals surface area (Å²) < 4.78 is 0. The van der Waals surface area contributed by atoms with Crippen molar-refractivity contribution in [3.05, 3.63) is 35.5 Å². The molecule has 3 N–H and O–H groups in total. The van der Waals surface area contributed by atoms with E-state index in [1.165, 1.54) is 9.77 Å². The third kappa shape index (κ3) is 2.68. The number of anilines is 2. The van der Waals surface area contributed by atoms with Gasteiger partial charge in [0.15, 0.2) is 0 Å². The molecule has 0 radical (unpaired) electrons. The average Bonchev–Trinajstić information content (AvgIpc) is 2.73. The van der Waals surface area contributed by atoms with Crippen LogP contribution in [0.5, 0.6) is 0 Å². The van der Waals surface area contributed by atoms with Crippen molar-refractivity contribution < 1.29 is 0 Å². The highest BCUT2D eigenvalue weighted by Gasteiger charge is 2.03. The van der Waals surface area contributed by atoms with Crippen molar-refractivity contribution in [2.75, 3.05) is 18.1 Å². The molecule has 16 heavy (non-hydrogen) atoms. The number of nitrogen functional groups attached to an aromatic ring is 1. The van der Waals surface area contributed by atoms with Gasteiger partial charge in [0, 0.05) is 28.8 Å². The number of nitrogens with two attached hydrogens (primary N) is 1. The van der Waals surface area contributed by atoms with Crippen LogP contribution in [0.15, 0.2) is 35.5 Å². The Hall–Kier alpha value is -1.20. The molecule has 0 aliphatic carbocycles. The highest BCUT2D eigenvalue weighted by molar-refractivity contribution is 7.98. The minimum Gasteiger partial charge on any atom is -0.391 e. The second kappa shape index (κ2) is 5.23. The maximum Gasteiger partial charge on any atom is 0.0859 e. The van der Waals surface area contributed by atoms with Crippen LogP contribution in [-0.4, -0.2) is 12.0 Å². The Bertz CT molecular complexity index is 468. The molecule has 5 heteroatoms. The maximum atomic E-state index is 5.69. The van der Waals surface area contributed by atoms with E-state index in [0.29, 0.717) is 0 Å². The van der Waals surface area contributed by atoms with Gasteiger partial charge in [-0.1, -0.05) is 0 Å². The highest BCUT2D eigenvalue weighted by Crippen LogP contribution is 2.31. The summed E-state index contributed by atoms with van der Waals surface area (Å²) >= 11 is 3.43. The highest BCUT2D eigenvalue weighted by atomic mass is 32.2. The van der Waals surface area contributed by atoms with Crippen LogP contribution in [0.3, 0.4) is 0 Å². The van der Waals surface area contributed by atoms with Crippen LogP contribution in [0.2, 0.25) is 0 Å². The van der Waals surface area contributed by atoms with E-state index in [1.54, 1.807) is 23.1 Å². The van der Waals surface area contributed by atoms with Gasteiger partial charge >= 0.3 is 0 Å². The molecule has 2 aromatic heterocycles. The minimum atomic E-state index is 0.874. The molecule has 0 saturated carbocycles. The number of nitrogens with one attached hydrogen (secondary N) is 1. The number of thiophene rings is 1. The van der Waals surface area contributed by atoms with Crippen LogP contribution in [-0.2, 0) is 5.75 Å². The fraction of sp³-hybridized carbons (Fsp3) is 0.182. The molecule has 0 amide bonds. The van der Waals surface area contributed by atoms with Crippen molar-refractivity contribution >= 4 is 33.8 Å². The molecule has 3 nitrogen and oxygen atoms in total. The Morgan fingerprint density at radius 3 is 3.00 bits per heavy atom. The van der Waals surface area contributed by atoms with Gasteiger partial charge in [-0.05, 0) is 18.2 Å². The Balaban J connectivity index is 2.04. The maximum absolute atomic E-state index is 5.69. The van der Waals surface area contributed by atoms with Crippen LogP contribution in [0.4, 0.5) is 10.7 Å². The lowest BCUT2D eigenvalue weighted by atomic mass is 10.4. The first-order valence-electron chi connectivity index (χ1n) is 4.88. The number of pyridine rings is 1. The molecule has 0 aliphatic rings. The van der Waals surface area contributed by atoms with Crippen LogP contribution < -0.4 is 11.1 Å². The van der Waals surface area contributed by atoms with Gasteiger partial charge in [0.2, 0.25) is 0 Å². The zero-order chi connectivity index (χ0) is 11.4. The average molecular weight is 251 g/mol. The first-order valence-corrected chi connectivity index (χ1v) is 6.68. The smallest absolute Gasteiger partial charge is 0.0859 e. The SMILES string of the molecule is CNc1cnccc1SCc1ccc(N)s1. The van der Waals surface area contributed by atoms with Crippen LogP contribution in [0, 0.1) is 0 Å². The fourth-order valence-corrected chi connectivity index (χ4v) is 3.16. The Morgan fingerprint density at radius 1 is 1.44 bits per heavy atom. The molecular weight excluding hydrogens is 238 g/mol. The molecule has 0 atom stereocenters. The molecule has 2 heterocycles. The lowest BCUT2D eigenvalue weighted by Gasteiger charge is -2.06. The van der Waals surface area contributed by atoms with Gasteiger partial charge in [0.25, 0.3) is 0 Å². The molecular formula is C11H13N3S2. The number of hydrogen-bond donors (Lipinski definition) is 2. The lowest BCUT2D eigenvalue weighted by molar-refractivity contribution is 1.24. The number of aromatic nitrogens is 1. The van der Waals surface area contributed by atoms with Crippen molar-refractivity contribution in [3.63, 3.8) is 0 Å². The van der Waals surface area contributed by atoms with E-state index in [-0.39, 0.29) is 0 Å². The summed E-state index contributed by atoms with van der Waals surface area (Å²) in [5, 5.41) is 4.01. The standard InChI is InChI=1S/C11H13N3S2/c1-13-9-6-14-5-4-10(9)15-7-8-2-3-11(12)16-8/h2-6,13H,7,12H2,1H3. The Kier molecular flexibility index (Phi) is 3.69. The van der Waals surface area contributed by atoms with Crippen molar-refractivity contribution in [1.29, 1.82) is 0 Å². The first-order chi connectivity index (χ1) is 7.79. The molecule has 0 saturated heterocycles. The summed E-state index contributed by atoms with van der Waals surface area (Å²) in [5.74, 6) is 0.945. The first kappa shape index (κ1) is 11.3. The van der Waals surface area contributed by atoms with E-state index in [0.717, 1.165) is 16.4 Å². The summed E-state index contributed by atoms with van der Waals surface area (Å²) in [6, 6.07) is 6.05. The fourth-order valence-electron chi connectivity index (χ4n) is 1.32. The molecule has 0 unspecified atom stereocenters. The monoisotopic (exact) mass is 251 g/mol. The van der Waals surface area contributed by atoms with Gasteiger partial charge in [0.05, 0.1) is 16.9 Å². The number of rotatable bonds is 4. The van der Waals surface area contributed by atoms with Crippen molar-refractivity contribution in [2.45, 2.75) is 10.6 Å². The van der Waals surface area contributed by atoms with Gasteiger partial charge in [0.1, 0.15) is 0 Å². The second-order valence-electron chi connectivity index (χ2n) is 3.21. The summed E-state index contributed by atoms with van der Waals surface area (Å²) in [6.45, 7) is 0. The third-order valence-electron chi connectivity index (χ3n) is 2.10. The van der Waals surface area contributed by atoms with Gasteiger partial charge < -0.3 is 11.1 Å². The lowest BCUT2D eigenvalue weighted by Crippen LogP contribution is -1.91. The van der Waals surface area contributed by atoms with Crippen molar-refractivity contribution in [2.24, 2.45) is 0 Å².